The highest BCUT2D eigenvalue weighted by Gasteiger charge is 2.16. The number of rotatable bonds is 6. The largest absolute Gasteiger partial charge is 0.497 e. The average Bonchev–Trinajstić information content (AvgIpc) is 2.68. The van der Waals surface area contributed by atoms with Gasteiger partial charge >= 0.3 is 0 Å². The van der Waals surface area contributed by atoms with Crippen LogP contribution in [0.1, 0.15) is 12.0 Å². The molecule has 138 valence electrons. The molecule has 1 aromatic carbocycles. The van der Waals surface area contributed by atoms with E-state index in [-0.39, 0.29) is 5.91 Å². The quantitative estimate of drug-likeness (QED) is 0.852. The summed E-state index contributed by atoms with van der Waals surface area (Å²) in [5.74, 6) is 1.49. The summed E-state index contributed by atoms with van der Waals surface area (Å²) >= 11 is 0. The average molecular weight is 355 g/mol. The van der Waals surface area contributed by atoms with E-state index in [1.807, 2.05) is 24.3 Å². The zero-order valence-corrected chi connectivity index (χ0v) is 15.3. The second-order valence-corrected chi connectivity index (χ2v) is 6.46. The number of anilines is 2. The normalized spacial score (nSPS) is 14.9. The molecule has 0 unspecified atom stereocenters. The van der Waals surface area contributed by atoms with E-state index >= 15 is 0 Å². The Balaban J connectivity index is 1.47. The molecule has 1 aliphatic rings. The van der Waals surface area contributed by atoms with E-state index < -0.39 is 0 Å². The predicted molar refractivity (Wildman–Crippen MR) is 102 cm³/mol. The SMILES string of the molecule is COc1ccc(CCC(=O)Nc2cnc(N3CCN(C)CC3)nc2)cc1. The van der Waals surface area contributed by atoms with Crippen LogP contribution in [0.3, 0.4) is 0 Å². The second-order valence-electron chi connectivity index (χ2n) is 6.46. The summed E-state index contributed by atoms with van der Waals surface area (Å²) in [5, 5.41) is 2.86. The minimum absolute atomic E-state index is 0.0447. The molecule has 0 atom stereocenters. The highest BCUT2D eigenvalue weighted by Crippen LogP contribution is 2.14. The maximum atomic E-state index is 12.1. The molecule has 1 aromatic heterocycles. The Kier molecular flexibility index (Phi) is 6.01. The van der Waals surface area contributed by atoms with Crippen LogP contribution in [-0.2, 0) is 11.2 Å². The van der Waals surface area contributed by atoms with Crippen LogP contribution >= 0.6 is 0 Å². The summed E-state index contributed by atoms with van der Waals surface area (Å²) in [5.41, 5.74) is 1.73. The van der Waals surface area contributed by atoms with Crippen LogP contribution in [0, 0.1) is 0 Å². The Morgan fingerprint density at radius 3 is 2.38 bits per heavy atom. The van der Waals surface area contributed by atoms with Crippen LogP contribution in [0.15, 0.2) is 36.7 Å². The maximum absolute atomic E-state index is 12.1. The summed E-state index contributed by atoms with van der Waals surface area (Å²) in [4.78, 5) is 25.3. The lowest BCUT2D eigenvalue weighted by molar-refractivity contribution is -0.116. The first-order chi connectivity index (χ1) is 12.6. The second kappa shape index (κ2) is 8.62. The number of amides is 1. The number of benzene rings is 1. The summed E-state index contributed by atoms with van der Waals surface area (Å²) in [7, 11) is 3.75. The molecule has 0 saturated carbocycles. The lowest BCUT2D eigenvalue weighted by atomic mass is 10.1. The maximum Gasteiger partial charge on any atom is 0.225 e. The minimum atomic E-state index is -0.0447. The van der Waals surface area contributed by atoms with Gasteiger partial charge in [-0.2, -0.15) is 0 Å². The number of hydrogen-bond acceptors (Lipinski definition) is 6. The van der Waals surface area contributed by atoms with Crippen LogP contribution in [0.4, 0.5) is 11.6 Å². The van der Waals surface area contributed by atoms with Crippen molar-refractivity contribution in [1.29, 1.82) is 0 Å². The van der Waals surface area contributed by atoms with Crippen molar-refractivity contribution in [3.05, 3.63) is 42.2 Å². The summed E-state index contributed by atoms with van der Waals surface area (Å²) < 4.78 is 5.13. The van der Waals surface area contributed by atoms with Gasteiger partial charge in [0.25, 0.3) is 0 Å². The molecule has 1 saturated heterocycles. The molecule has 0 spiro atoms. The van der Waals surface area contributed by atoms with Gasteiger partial charge in [0.15, 0.2) is 0 Å². The molecule has 7 nitrogen and oxygen atoms in total. The Morgan fingerprint density at radius 1 is 1.12 bits per heavy atom. The topological polar surface area (TPSA) is 70.6 Å². The number of piperazine rings is 1. The number of nitrogens with one attached hydrogen (secondary N) is 1. The number of methoxy groups -OCH3 is 1. The third-order valence-electron chi connectivity index (χ3n) is 4.51. The molecule has 2 aromatic rings. The van der Waals surface area contributed by atoms with Crippen LogP contribution < -0.4 is 15.0 Å². The first-order valence-electron chi connectivity index (χ1n) is 8.82. The Hall–Kier alpha value is -2.67. The predicted octanol–water partition coefficient (Wildman–Crippen LogP) is 1.81. The lowest BCUT2D eigenvalue weighted by Gasteiger charge is -2.32. The Morgan fingerprint density at radius 2 is 1.77 bits per heavy atom. The third kappa shape index (κ3) is 4.92. The van der Waals surface area contributed by atoms with Crippen LogP contribution in [0.5, 0.6) is 5.75 Å². The van der Waals surface area contributed by atoms with E-state index in [9.17, 15) is 4.79 Å². The highest BCUT2D eigenvalue weighted by atomic mass is 16.5. The summed E-state index contributed by atoms with van der Waals surface area (Å²) in [6.45, 7) is 3.86. The Labute approximate surface area is 154 Å². The number of hydrogen-bond donors (Lipinski definition) is 1. The summed E-state index contributed by atoms with van der Waals surface area (Å²) in [6, 6.07) is 7.75. The molecular weight excluding hydrogens is 330 g/mol. The number of ether oxygens (including phenoxy) is 1. The van der Waals surface area contributed by atoms with Gasteiger partial charge in [-0.1, -0.05) is 12.1 Å². The van der Waals surface area contributed by atoms with Gasteiger partial charge < -0.3 is 19.9 Å². The van der Waals surface area contributed by atoms with Crippen molar-refractivity contribution in [3.63, 3.8) is 0 Å². The van der Waals surface area contributed by atoms with Gasteiger partial charge in [0.05, 0.1) is 25.2 Å². The van der Waals surface area contributed by atoms with Crippen LogP contribution in [0.2, 0.25) is 0 Å². The zero-order chi connectivity index (χ0) is 18.4. The monoisotopic (exact) mass is 355 g/mol. The lowest BCUT2D eigenvalue weighted by Crippen LogP contribution is -2.45. The van der Waals surface area contributed by atoms with Gasteiger partial charge in [0.2, 0.25) is 11.9 Å². The molecule has 1 aliphatic heterocycles. The molecule has 26 heavy (non-hydrogen) atoms. The van der Waals surface area contributed by atoms with Gasteiger partial charge in [-0.05, 0) is 31.2 Å². The van der Waals surface area contributed by atoms with E-state index in [0.29, 0.717) is 24.5 Å². The number of carbonyl (C=O) groups excluding carboxylic acids is 1. The van der Waals surface area contributed by atoms with Crippen molar-refractivity contribution in [2.45, 2.75) is 12.8 Å². The molecule has 1 N–H and O–H groups in total. The molecule has 1 fully saturated rings. The number of carbonyl (C=O) groups is 1. The molecule has 2 heterocycles. The number of aryl methyl sites for hydroxylation is 1. The third-order valence-corrected chi connectivity index (χ3v) is 4.51. The van der Waals surface area contributed by atoms with Crippen molar-refractivity contribution in [1.82, 2.24) is 14.9 Å². The Bertz CT molecular complexity index is 710. The van der Waals surface area contributed by atoms with E-state index in [1.54, 1.807) is 19.5 Å². The van der Waals surface area contributed by atoms with Crippen LogP contribution in [0.25, 0.3) is 0 Å². The molecule has 7 heteroatoms. The summed E-state index contributed by atoms with van der Waals surface area (Å²) in [6.07, 6.45) is 4.43. The fourth-order valence-electron chi connectivity index (χ4n) is 2.83. The van der Waals surface area contributed by atoms with E-state index in [4.69, 9.17) is 4.74 Å². The standard InChI is InChI=1S/C19H25N5O2/c1-23-9-11-24(12-10-23)19-20-13-16(14-21-19)22-18(25)8-5-15-3-6-17(26-2)7-4-15/h3-4,6-7,13-14H,5,8-12H2,1-2H3,(H,22,25). The fraction of sp³-hybridized carbons (Fsp3) is 0.421. The molecule has 1 amide bonds. The van der Waals surface area contributed by atoms with Crippen molar-refractivity contribution in [3.8, 4) is 5.75 Å². The van der Waals surface area contributed by atoms with Crippen molar-refractivity contribution in [2.24, 2.45) is 0 Å². The number of nitrogens with zero attached hydrogens (tertiary/aromatic N) is 4. The zero-order valence-electron chi connectivity index (χ0n) is 15.3. The first-order valence-corrected chi connectivity index (χ1v) is 8.82. The smallest absolute Gasteiger partial charge is 0.225 e. The fourth-order valence-corrected chi connectivity index (χ4v) is 2.83. The van der Waals surface area contributed by atoms with Crippen molar-refractivity contribution in [2.75, 3.05) is 50.6 Å². The van der Waals surface area contributed by atoms with E-state index in [1.165, 1.54) is 0 Å². The number of likely N-dealkylation sites (N-methyl/N-ethyl adjacent to an activating group) is 1. The van der Waals surface area contributed by atoms with E-state index in [2.05, 4.69) is 32.1 Å². The molecule has 0 radical (unpaired) electrons. The van der Waals surface area contributed by atoms with Gasteiger partial charge in [0.1, 0.15) is 5.75 Å². The van der Waals surface area contributed by atoms with Gasteiger partial charge in [-0.15, -0.1) is 0 Å². The van der Waals surface area contributed by atoms with E-state index in [0.717, 1.165) is 37.5 Å². The van der Waals surface area contributed by atoms with Crippen molar-refractivity contribution >= 4 is 17.5 Å². The molecular formula is C19H25N5O2. The molecule has 0 bridgehead atoms. The van der Waals surface area contributed by atoms with Crippen molar-refractivity contribution < 1.29 is 9.53 Å². The van der Waals surface area contributed by atoms with Crippen LogP contribution in [-0.4, -0.2) is 61.1 Å². The highest BCUT2D eigenvalue weighted by molar-refractivity contribution is 5.90. The minimum Gasteiger partial charge on any atom is -0.497 e. The first kappa shape index (κ1) is 18.1. The molecule has 3 rings (SSSR count). The number of aromatic nitrogens is 2. The van der Waals surface area contributed by atoms with Gasteiger partial charge in [-0.3, -0.25) is 4.79 Å². The molecule has 0 aliphatic carbocycles. The van der Waals surface area contributed by atoms with Gasteiger partial charge in [-0.25, -0.2) is 9.97 Å². The van der Waals surface area contributed by atoms with Gasteiger partial charge in [0, 0.05) is 32.6 Å².